The van der Waals surface area contributed by atoms with Gasteiger partial charge in [-0.2, -0.15) is 0 Å². The summed E-state index contributed by atoms with van der Waals surface area (Å²) in [7, 11) is 7.55. The van der Waals surface area contributed by atoms with Gasteiger partial charge in [0.2, 0.25) is 0 Å². The van der Waals surface area contributed by atoms with E-state index in [0.717, 1.165) is 16.8 Å². The lowest BCUT2D eigenvalue weighted by atomic mass is 10.5. The maximum atomic E-state index is 4.45. The molecule has 0 amide bonds. The first kappa shape index (κ1) is 11.8. The molecule has 15 heavy (non-hydrogen) atoms. The molecular weight excluding hydrogens is 210 g/mol. The van der Waals surface area contributed by atoms with Crippen LogP contribution in [0.1, 0.15) is 5.69 Å². The fourth-order valence-corrected chi connectivity index (χ4v) is 1.79. The molecule has 1 aromatic heterocycles. The summed E-state index contributed by atoms with van der Waals surface area (Å²) in [4.78, 5) is 10.5. The predicted molar refractivity (Wildman–Crippen MR) is 65.7 cm³/mol. The fourth-order valence-electron chi connectivity index (χ4n) is 1.04. The molecule has 0 aliphatic carbocycles. The number of hydrogen-bond donors (Lipinski definition) is 2. The minimum atomic E-state index is 0.692. The van der Waals surface area contributed by atoms with Crippen molar-refractivity contribution in [1.29, 1.82) is 0 Å². The van der Waals surface area contributed by atoms with Gasteiger partial charge in [0.05, 0.1) is 12.2 Å². The Morgan fingerprint density at radius 3 is 2.80 bits per heavy atom. The highest BCUT2D eigenvalue weighted by Crippen LogP contribution is 2.17. The van der Waals surface area contributed by atoms with Crippen molar-refractivity contribution in [2.75, 3.05) is 33.1 Å². The lowest BCUT2D eigenvalue weighted by Crippen LogP contribution is -2.34. The van der Waals surface area contributed by atoms with Gasteiger partial charge in [-0.15, -0.1) is 11.3 Å². The van der Waals surface area contributed by atoms with E-state index >= 15 is 0 Å². The Kier molecular flexibility index (Phi) is 4.36. The summed E-state index contributed by atoms with van der Waals surface area (Å²) in [6, 6.07) is 0. The Bertz CT molecular complexity index is 331. The molecule has 2 N–H and O–H groups in total. The number of aromatic nitrogens is 1. The van der Waals surface area contributed by atoms with Gasteiger partial charge in [-0.25, -0.2) is 4.98 Å². The number of guanidine groups is 1. The standard InChI is InChI=1S/C9H17N5S/c1-10-8(11-2)12-5-7-6-15-9(13-7)14(3)4/h6H,5H2,1-4H3,(H2,10,11,12). The summed E-state index contributed by atoms with van der Waals surface area (Å²) in [6.45, 7) is 0.692. The van der Waals surface area contributed by atoms with E-state index in [2.05, 4.69) is 20.6 Å². The van der Waals surface area contributed by atoms with Crippen LogP contribution >= 0.6 is 11.3 Å². The van der Waals surface area contributed by atoms with Gasteiger partial charge < -0.3 is 15.5 Å². The number of nitrogens with zero attached hydrogens (tertiary/aromatic N) is 3. The molecule has 0 atom stereocenters. The summed E-state index contributed by atoms with van der Waals surface area (Å²) < 4.78 is 0. The third-order valence-electron chi connectivity index (χ3n) is 1.82. The lowest BCUT2D eigenvalue weighted by molar-refractivity contribution is 0.842. The van der Waals surface area contributed by atoms with Crippen molar-refractivity contribution in [2.45, 2.75) is 6.54 Å². The molecule has 0 aliphatic heterocycles. The van der Waals surface area contributed by atoms with E-state index in [0.29, 0.717) is 6.54 Å². The molecule has 0 saturated carbocycles. The molecule has 84 valence electrons. The molecule has 0 spiro atoms. The van der Waals surface area contributed by atoms with E-state index in [1.54, 1.807) is 18.4 Å². The molecule has 0 bridgehead atoms. The zero-order valence-corrected chi connectivity index (χ0v) is 10.4. The van der Waals surface area contributed by atoms with E-state index in [1.807, 2.05) is 31.4 Å². The second-order valence-electron chi connectivity index (χ2n) is 3.19. The van der Waals surface area contributed by atoms with Crippen LogP contribution in [0.4, 0.5) is 5.13 Å². The first-order valence-corrected chi connectivity index (χ1v) is 5.55. The van der Waals surface area contributed by atoms with Crippen molar-refractivity contribution < 1.29 is 0 Å². The Hall–Kier alpha value is -1.30. The lowest BCUT2D eigenvalue weighted by Gasteiger charge is -2.07. The van der Waals surface area contributed by atoms with Crippen LogP contribution in [0.25, 0.3) is 0 Å². The van der Waals surface area contributed by atoms with Crippen molar-refractivity contribution in [2.24, 2.45) is 4.99 Å². The topological polar surface area (TPSA) is 52.6 Å². The summed E-state index contributed by atoms with van der Waals surface area (Å²) in [5, 5.41) is 9.17. The summed E-state index contributed by atoms with van der Waals surface area (Å²) in [5.74, 6) is 0.773. The summed E-state index contributed by atoms with van der Waals surface area (Å²) >= 11 is 1.64. The zero-order chi connectivity index (χ0) is 11.3. The minimum absolute atomic E-state index is 0.692. The van der Waals surface area contributed by atoms with E-state index in [-0.39, 0.29) is 0 Å². The second kappa shape index (κ2) is 5.55. The average molecular weight is 227 g/mol. The van der Waals surface area contributed by atoms with Crippen molar-refractivity contribution >= 4 is 22.4 Å². The van der Waals surface area contributed by atoms with Crippen LogP contribution in [-0.2, 0) is 6.54 Å². The maximum Gasteiger partial charge on any atom is 0.191 e. The van der Waals surface area contributed by atoms with Crippen LogP contribution in [0.2, 0.25) is 0 Å². The molecule has 1 heterocycles. The third kappa shape index (κ3) is 3.39. The average Bonchev–Trinajstić information content (AvgIpc) is 2.68. The number of aliphatic imine (C=N–C) groups is 1. The van der Waals surface area contributed by atoms with Crippen molar-refractivity contribution in [3.63, 3.8) is 0 Å². The van der Waals surface area contributed by atoms with Gasteiger partial charge in [0.15, 0.2) is 11.1 Å². The van der Waals surface area contributed by atoms with Crippen LogP contribution in [0, 0.1) is 0 Å². The normalized spacial score (nSPS) is 11.3. The van der Waals surface area contributed by atoms with Crippen molar-refractivity contribution in [1.82, 2.24) is 15.6 Å². The first-order chi connectivity index (χ1) is 7.17. The van der Waals surface area contributed by atoms with E-state index in [1.165, 1.54) is 0 Å². The van der Waals surface area contributed by atoms with Crippen molar-refractivity contribution in [3.05, 3.63) is 11.1 Å². The van der Waals surface area contributed by atoms with E-state index in [4.69, 9.17) is 0 Å². The van der Waals surface area contributed by atoms with Gasteiger partial charge in [0.25, 0.3) is 0 Å². The quantitative estimate of drug-likeness (QED) is 0.583. The molecule has 5 nitrogen and oxygen atoms in total. The van der Waals surface area contributed by atoms with Crippen molar-refractivity contribution in [3.8, 4) is 0 Å². The largest absolute Gasteiger partial charge is 0.359 e. The highest BCUT2D eigenvalue weighted by atomic mass is 32.1. The number of nitrogens with one attached hydrogen (secondary N) is 2. The van der Waals surface area contributed by atoms with Crippen LogP contribution in [0.5, 0.6) is 0 Å². The fraction of sp³-hybridized carbons (Fsp3) is 0.556. The summed E-state index contributed by atoms with van der Waals surface area (Å²) in [6.07, 6.45) is 0. The smallest absolute Gasteiger partial charge is 0.191 e. The molecule has 1 aromatic rings. The van der Waals surface area contributed by atoms with Gasteiger partial charge in [0, 0.05) is 33.6 Å². The molecule has 0 aliphatic rings. The van der Waals surface area contributed by atoms with E-state index < -0.39 is 0 Å². The monoisotopic (exact) mass is 227 g/mol. The Morgan fingerprint density at radius 1 is 1.60 bits per heavy atom. The van der Waals surface area contributed by atoms with Crippen LogP contribution in [0.15, 0.2) is 10.4 Å². The predicted octanol–water partition coefficient (Wildman–Crippen LogP) is 0.504. The van der Waals surface area contributed by atoms with Gasteiger partial charge in [-0.1, -0.05) is 0 Å². The SMILES string of the molecule is CN=C(NC)NCc1csc(N(C)C)n1. The molecule has 0 unspecified atom stereocenters. The molecule has 6 heteroatoms. The second-order valence-corrected chi connectivity index (χ2v) is 4.03. The molecule has 0 aromatic carbocycles. The maximum absolute atomic E-state index is 4.45. The Balaban J connectivity index is 2.51. The number of rotatable bonds is 3. The number of anilines is 1. The molecule has 0 saturated heterocycles. The van der Waals surface area contributed by atoms with E-state index in [9.17, 15) is 0 Å². The third-order valence-corrected chi connectivity index (χ3v) is 2.88. The minimum Gasteiger partial charge on any atom is -0.359 e. The van der Waals surface area contributed by atoms with Gasteiger partial charge in [-0.05, 0) is 0 Å². The number of thiazole rings is 1. The van der Waals surface area contributed by atoms with Crippen LogP contribution < -0.4 is 15.5 Å². The Morgan fingerprint density at radius 2 is 2.33 bits per heavy atom. The molecule has 1 rings (SSSR count). The van der Waals surface area contributed by atoms with Gasteiger partial charge in [-0.3, -0.25) is 4.99 Å². The molecule has 0 radical (unpaired) electrons. The van der Waals surface area contributed by atoms with Crippen LogP contribution in [0.3, 0.4) is 0 Å². The van der Waals surface area contributed by atoms with Crippen LogP contribution in [-0.4, -0.2) is 39.1 Å². The van der Waals surface area contributed by atoms with Gasteiger partial charge >= 0.3 is 0 Å². The highest BCUT2D eigenvalue weighted by Gasteiger charge is 2.03. The molecule has 0 fully saturated rings. The molecular formula is C9H17N5S. The highest BCUT2D eigenvalue weighted by molar-refractivity contribution is 7.13. The van der Waals surface area contributed by atoms with Gasteiger partial charge in [0.1, 0.15) is 0 Å². The number of hydrogen-bond acceptors (Lipinski definition) is 4. The summed E-state index contributed by atoms with van der Waals surface area (Å²) in [5.41, 5.74) is 1.03. The Labute approximate surface area is 94.2 Å². The first-order valence-electron chi connectivity index (χ1n) is 4.67. The zero-order valence-electron chi connectivity index (χ0n) is 9.53.